The summed E-state index contributed by atoms with van der Waals surface area (Å²) >= 11 is 0. The summed E-state index contributed by atoms with van der Waals surface area (Å²) < 4.78 is 1.63. The van der Waals surface area contributed by atoms with E-state index >= 15 is 0 Å². The summed E-state index contributed by atoms with van der Waals surface area (Å²) in [7, 11) is 1.76. The van der Waals surface area contributed by atoms with Crippen LogP contribution in [-0.4, -0.2) is 32.6 Å². The smallest absolute Gasteiger partial charge is 0.250 e. The van der Waals surface area contributed by atoms with Crippen LogP contribution in [0.3, 0.4) is 0 Å². The number of nitrogens with zero attached hydrogens (tertiary/aromatic N) is 5. The first-order valence-electron chi connectivity index (χ1n) is 11.4. The van der Waals surface area contributed by atoms with Gasteiger partial charge in [0.15, 0.2) is 0 Å². The van der Waals surface area contributed by atoms with Gasteiger partial charge >= 0.3 is 0 Å². The maximum Gasteiger partial charge on any atom is 0.250 e. The fraction of sp³-hybridized carbons (Fsp3) is 0.259. The van der Waals surface area contributed by atoms with Crippen molar-refractivity contribution in [1.82, 2.24) is 19.5 Å². The Hall–Kier alpha value is -4.18. The second-order valence-corrected chi connectivity index (χ2v) is 8.65. The molecule has 0 amide bonds. The summed E-state index contributed by atoms with van der Waals surface area (Å²) in [5.41, 5.74) is 11.9. The first-order chi connectivity index (χ1) is 16.4. The summed E-state index contributed by atoms with van der Waals surface area (Å²) in [5.74, 6) is 7.62. The molecule has 1 aliphatic rings. The second kappa shape index (κ2) is 8.64. The third-order valence-electron chi connectivity index (χ3n) is 6.28. The van der Waals surface area contributed by atoms with E-state index in [0.29, 0.717) is 11.5 Å². The van der Waals surface area contributed by atoms with E-state index in [0.717, 1.165) is 58.0 Å². The lowest BCUT2D eigenvalue weighted by atomic mass is 10.0. The summed E-state index contributed by atoms with van der Waals surface area (Å²) in [5, 5.41) is 0.951. The fourth-order valence-corrected chi connectivity index (χ4v) is 4.51. The topological polar surface area (TPSA) is 89.9 Å². The number of pyridine rings is 2. The minimum absolute atomic E-state index is 0.0383. The van der Waals surface area contributed by atoms with E-state index in [2.05, 4.69) is 21.7 Å². The van der Waals surface area contributed by atoms with Crippen LogP contribution < -0.4 is 16.2 Å². The van der Waals surface area contributed by atoms with Crippen molar-refractivity contribution in [3.05, 3.63) is 75.5 Å². The van der Waals surface area contributed by atoms with Gasteiger partial charge in [-0.05, 0) is 74.4 Å². The Morgan fingerprint density at radius 1 is 0.912 bits per heavy atom. The summed E-state index contributed by atoms with van der Waals surface area (Å²) in [6, 6.07) is 12.9. The molecule has 1 saturated heterocycles. The van der Waals surface area contributed by atoms with E-state index in [1.807, 2.05) is 44.2 Å². The number of nitrogens with two attached hydrogens (primary N) is 1. The van der Waals surface area contributed by atoms with Crippen molar-refractivity contribution in [2.45, 2.75) is 26.7 Å². The third kappa shape index (κ3) is 3.99. The van der Waals surface area contributed by atoms with Crippen LogP contribution in [0.1, 0.15) is 35.5 Å². The van der Waals surface area contributed by atoms with Crippen molar-refractivity contribution < 1.29 is 0 Å². The van der Waals surface area contributed by atoms with Crippen molar-refractivity contribution >= 4 is 22.7 Å². The molecule has 0 atom stereocenters. The van der Waals surface area contributed by atoms with Crippen LogP contribution in [0.5, 0.6) is 0 Å². The van der Waals surface area contributed by atoms with Gasteiger partial charge in [-0.15, -0.1) is 0 Å². The molecule has 4 heterocycles. The molecular weight excluding hydrogens is 424 g/mol. The zero-order valence-corrected chi connectivity index (χ0v) is 19.6. The minimum atomic E-state index is -0.0383. The standard InChI is InChI=1S/C27H26N6O/c1-17-26(18(2)30-27(29-17)33-14-4-5-15-33)21-9-12-24(28)31-22(21)10-6-19-7-11-23-20(16-19)8-13-25(34)32(23)3/h7-9,11-13,16H,4-5,14-15H2,1-3H3,(H2,28,31). The summed E-state index contributed by atoms with van der Waals surface area (Å²) in [6.07, 6.45) is 2.35. The molecule has 2 N–H and O–H groups in total. The Labute approximate surface area is 198 Å². The lowest BCUT2D eigenvalue weighted by molar-refractivity contribution is 0.880. The average molecular weight is 451 g/mol. The lowest BCUT2D eigenvalue weighted by Gasteiger charge is -2.18. The molecular formula is C27H26N6O. The highest BCUT2D eigenvalue weighted by Crippen LogP contribution is 2.30. The molecule has 0 bridgehead atoms. The maximum atomic E-state index is 11.9. The minimum Gasteiger partial charge on any atom is -0.384 e. The Morgan fingerprint density at radius 3 is 2.38 bits per heavy atom. The van der Waals surface area contributed by atoms with Gasteiger partial charge in [0.1, 0.15) is 11.5 Å². The van der Waals surface area contributed by atoms with Gasteiger partial charge in [-0.2, -0.15) is 0 Å². The van der Waals surface area contributed by atoms with Crippen molar-refractivity contribution in [2.75, 3.05) is 23.7 Å². The molecule has 3 aromatic heterocycles. The number of nitrogen functional groups attached to an aromatic ring is 1. The number of rotatable bonds is 2. The molecule has 7 heteroatoms. The zero-order valence-electron chi connectivity index (χ0n) is 19.6. The van der Waals surface area contributed by atoms with Crippen LogP contribution in [0.4, 0.5) is 11.8 Å². The van der Waals surface area contributed by atoms with Gasteiger partial charge in [0, 0.05) is 42.9 Å². The van der Waals surface area contributed by atoms with Crippen LogP contribution in [-0.2, 0) is 7.05 Å². The molecule has 34 heavy (non-hydrogen) atoms. The third-order valence-corrected chi connectivity index (χ3v) is 6.28. The molecule has 0 saturated carbocycles. The van der Waals surface area contributed by atoms with Gasteiger partial charge in [0.25, 0.3) is 5.56 Å². The Balaban J connectivity index is 1.57. The van der Waals surface area contributed by atoms with Crippen LogP contribution >= 0.6 is 0 Å². The molecule has 0 aliphatic carbocycles. The highest BCUT2D eigenvalue weighted by molar-refractivity contribution is 5.81. The van der Waals surface area contributed by atoms with Gasteiger partial charge in [-0.25, -0.2) is 15.0 Å². The van der Waals surface area contributed by atoms with E-state index in [1.165, 1.54) is 12.8 Å². The molecule has 1 fully saturated rings. The summed E-state index contributed by atoms with van der Waals surface area (Å²) in [6.45, 7) is 6.01. The predicted octanol–water partition coefficient (Wildman–Crippen LogP) is 3.59. The highest BCUT2D eigenvalue weighted by Gasteiger charge is 2.19. The Kier molecular flexibility index (Phi) is 5.50. The van der Waals surface area contributed by atoms with Crippen molar-refractivity contribution in [3.8, 4) is 23.0 Å². The number of anilines is 2. The first kappa shape index (κ1) is 21.7. The predicted molar refractivity (Wildman–Crippen MR) is 136 cm³/mol. The average Bonchev–Trinajstić information content (AvgIpc) is 3.36. The van der Waals surface area contributed by atoms with Crippen LogP contribution in [0.2, 0.25) is 0 Å². The SMILES string of the molecule is Cc1nc(N2CCCC2)nc(C)c1-c1ccc(N)nc1C#Cc1ccc2c(ccc(=O)n2C)c1. The van der Waals surface area contributed by atoms with Crippen LogP contribution in [0.15, 0.2) is 47.3 Å². The lowest BCUT2D eigenvalue weighted by Crippen LogP contribution is -2.21. The molecule has 1 aliphatic heterocycles. The molecule has 170 valence electrons. The molecule has 0 radical (unpaired) electrons. The molecule has 5 rings (SSSR count). The van der Waals surface area contributed by atoms with E-state index in [9.17, 15) is 4.79 Å². The van der Waals surface area contributed by atoms with Gasteiger partial charge < -0.3 is 15.2 Å². The van der Waals surface area contributed by atoms with Crippen LogP contribution in [0, 0.1) is 25.7 Å². The molecule has 7 nitrogen and oxygen atoms in total. The number of benzene rings is 1. The fourth-order valence-electron chi connectivity index (χ4n) is 4.51. The normalized spacial score (nSPS) is 13.2. The first-order valence-corrected chi connectivity index (χ1v) is 11.4. The van der Waals surface area contributed by atoms with E-state index < -0.39 is 0 Å². The number of fused-ring (bicyclic) bond motifs is 1. The van der Waals surface area contributed by atoms with E-state index in [1.54, 1.807) is 23.7 Å². The molecule has 0 spiro atoms. The second-order valence-electron chi connectivity index (χ2n) is 8.65. The van der Waals surface area contributed by atoms with Gasteiger partial charge in [0.2, 0.25) is 5.95 Å². The van der Waals surface area contributed by atoms with Crippen molar-refractivity contribution in [2.24, 2.45) is 7.05 Å². The highest BCUT2D eigenvalue weighted by atomic mass is 16.1. The monoisotopic (exact) mass is 450 g/mol. The number of aromatic nitrogens is 4. The Bertz CT molecular complexity index is 1510. The van der Waals surface area contributed by atoms with Gasteiger partial charge in [0.05, 0.1) is 16.9 Å². The van der Waals surface area contributed by atoms with E-state index in [4.69, 9.17) is 15.7 Å². The van der Waals surface area contributed by atoms with Crippen molar-refractivity contribution in [1.29, 1.82) is 0 Å². The Morgan fingerprint density at radius 2 is 1.65 bits per heavy atom. The number of aryl methyl sites for hydroxylation is 3. The number of hydrogen-bond donors (Lipinski definition) is 1. The molecule has 4 aromatic rings. The number of hydrogen-bond acceptors (Lipinski definition) is 6. The van der Waals surface area contributed by atoms with Gasteiger partial charge in [-0.3, -0.25) is 4.79 Å². The van der Waals surface area contributed by atoms with Crippen LogP contribution in [0.25, 0.3) is 22.0 Å². The van der Waals surface area contributed by atoms with Gasteiger partial charge in [-0.1, -0.05) is 5.92 Å². The van der Waals surface area contributed by atoms with Crippen molar-refractivity contribution in [3.63, 3.8) is 0 Å². The molecule has 1 aromatic carbocycles. The maximum absolute atomic E-state index is 11.9. The zero-order chi connectivity index (χ0) is 23.8. The quantitative estimate of drug-likeness (QED) is 0.470. The molecule has 0 unspecified atom stereocenters. The van der Waals surface area contributed by atoms with E-state index in [-0.39, 0.29) is 5.56 Å². The summed E-state index contributed by atoms with van der Waals surface area (Å²) in [4.78, 5) is 28.3. The largest absolute Gasteiger partial charge is 0.384 e.